The van der Waals surface area contributed by atoms with Crippen LogP contribution in [0.5, 0.6) is 0 Å². The highest BCUT2D eigenvalue weighted by Gasteiger charge is 2.16. The number of hydrogen-bond donors (Lipinski definition) is 1. The van der Waals surface area contributed by atoms with Gasteiger partial charge in [-0.2, -0.15) is 0 Å². The Morgan fingerprint density at radius 1 is 1.35 bits per heavy atom. The molecule has 0 aliphatic rings. The number of nitrogens with two attached hydrogens (primary N) is 1. The van der Waals surface area contributed by atoms with Gasteiger partial charge in [-0.1, -0.05) is 19.1 Å². The summed E-state index contributed by atoms with van der Waals surface area (Å²) >= 11 is 4.92. The van der Waals surface area contributed by atoms with Crippen LogP contribution in [0.2, 0.25) is 0 Å². The molecule has 20 heavy (non-hydrogen) atoms. The molecule has 1 heterocycles. The van der Waals surface area contributed by atoms with Crippen LogP contribution in [0.15, 0.2) is 30.6 Å². The lowest BCUT2D eigenvalue weighted by Crippen LogP contribution is -2.35. The summed E-state index contributed by atoms with van der Waals surface area (Å²) in [4.78, 5) is 22.7. The van der Waals surface area contributed by atoms with Crippen LogP contribution in [0, 0.1) is 5.92 Å². The molecular weight excluding hydrogens is 272 g/mol. The lowest BCUT2D eigenvalue weighted by atomic mass is 10.1. The molecule has 0 aliphatic carbocycles. The van der Waals surface area contributed by atoms with Crippen molar-refractivity contribution >= 4 is 34.1 Å². The van der Waals surface area contributed by atoms with Crippen LogP contribution in [-0.2, 0) is 0 Å². The fraction of sp³-hybridized carbons (Fsp3) is 0.286. The lowest BCUT2D eigenvalue weighted by molar-refractivity contribution is 0.0787. The first-order valence-electron chi connectivity index (χ1n) is 6.24. The zero-order valence-electron chi connectivity index (χ0n) is 11.4. The van der Waals surface area contributed by atoms with E-state index in [1.807, 2.05) is 6.92 Å². The molecule has 2 rings (SSSR count). The fourth-order valence-electron chi connectivity index (χ4n) is 1.90. The summed E-state index contributed by atoms with van der Waals surface area (Å²) in [6.45, 7) is 2.39. The predicted octanol–water partition coefficient (Wildman–Crippen LogP) is 1.62. The van der Waals surface area contributed by atoms with Crippen LogP contribution < -0.4 is 5.73 Å². The molecule has 1 atom stereocenters. The van der Waals surface area contributed by atoms with Crippen molar-refractivity contribution in [3.8, 4) is 0 Å². The molecule has 1 amide bonds. The standard InChI is InChI=1S/C14H16N4OS/c1-9(13(15)20)8-18(2)14(19)10-3-4-11-12(7-10)17-6-5-16-11/h3-7,9H,8H2,1-2H3,(H2,15,20). The van der Waals surface area contributed by atoms with Gasteiger partial charge in [-0.05, 0) is 18.2 Å². The van der Waals surface area contributed by atoms with E-state index >= 15 is 0 Å². The van der Waals surface area contributed by atoms with Gasteiger partial charge in [0, 0.05) is 37.5 Å². The molecule has 1 unspecified atom stereocenters. The number of carbonyl (C=O) groups excluding carboxylic acids is 1. The minimum atomic E-state index is -0.0827. The first-order valence-corrected chi connectivity index (χ1v) is 6.65. The first-order chi connectivity index (χ1) is 9.49. The molecule has 5 nitrogen and oxygen atoms in total. The van der Waals surface area contributed by atoms with Crippen molar-refractivity contribution in [2.45, 2.75) is 6.92 Å². The van der Waals surface area contributed by atoms with E-state index in [1.54, 1.807) is 42.5 Å². The number of nitrogens with zero attached hydrogens (tertiary/aromatic N) is 3. The van der Waals surface area contributed by atoms with Crippen molar-refractivity contribution in [3.63, 3.8) is 0 Å². The lowest BCUT2D eigenvalue weighted by Gasteiger charge is -2.21. The maximum Gasteiger partial charge on any atom is 0.253 e. The van der Waals surface area contributed by atoms with E-state index in [0.717, 1.165) is 5.52 Å². The van der Waals surface area contributed by atoms with Crippen molar-refractivity contribution in [1.82, 2.24) is 14.9 Å². The second kappa shape index (κ2) is 5.92. The summed E-state index contributed by atoms with van der Waals surface area (Å²) in [6, 6.07) is 5.29. The highest BCUT2D eigenvalue weighted by Crippen LogP contribution is 2.13. The third-order valence-corrected chi connectivity index (χ3v) is 3.50. The minimum Gasteiger partial charge on any atom is -0.393 e. The Hall–Kier alpha value is -2.08. The van der Waals surface area contributed by atoms with Crippen LogP contribution in [0.25, 0.3) is 11.0 Å². The Balaban J connectivity index is 2.20. The van der Waals surface area contributed by atoms with E-state index in [2.05, 4.69) is 9.97 Å². The summed E-state index contributed by atoms with van der Waals surface area (Å²) in [6.07, 6.45) is 3.23. The average molecular weight is 288 g/mol. The maximum atomic E-state index is 12.3. The zero-order chi connectivity index (χ0) is 14.7. The summed E-state index contributed by atoms with van der Waals surface area (Å²) < 4.78 is 0. The number of fused-ring (bicyclic) bond motifs is 1. The number of carbonyl (C=O) groups is 1. The number of rotatable bonds is 4. The van der Waals surface area contributed by atoms with Gasteiger partial charge in [0.05, 0.1) is 16.0 Å². The maximum absolute atomic E-state index is 12.3. The molecule has 0 fully saturated rings. The van der Waals surface area contributed by atoms with Gasteiger partial charge in [0.25, 0.3) is 5.91 Å². The van der Waals surface area contributed by atoms with E-state index in [1.165, 1.54) is 0 Å². The molecule has 0 bridgehead atoms. The van der Waals surface area contributed by atoms with Crippen LogP contribution in [0.3, 0.4) is 0 Å². The molecule has 0 aliphatic heterocycles. The molecule has 2 aromatic rings. The molecular formula is C14H16N4OS. The van der Waals surface area contributed by atoms with E-state index in [4.69, 9.17) is 18.0 Å². The number of hydrogen-bond acceptors (Lipinski definition) is 4. The quantitative estimate of drug-likeness (QED) is 0.866. The minimum absolute atomic E-state index is 0.0146. The second-order valence-electron chi connectivity index (χ2n) is 4.75. The van der Waals surface area contributed by atoms with Crippen LogP contribution in [-0.4, -0.2) is 39.4 Å². The second-order valence-corrected chi connectivity index (χ2v) is 5.22. The van der Waals surface area contributed by atoms with Crippen LogP contribution in [0.4, 0.5) is 0 Å². The van der Waals surface area contributed by atoms with E-state index in [0.29, 0.717) is 22.6 Å². The Bertz CT molecular complexity index is 658. The smallest absolute Gasteiger partial charge is 0.253 e. The Kier molecular flexibility index (Phi) is 4.24. The number of benzene rings is 1. The Morgan fingerprint density at radius 3 is 2.65 bits per heavy atom. The van der Waals surface area contributed by atoms with Crippen molar-refractivity contribution in [2.24, 2.45) is 11.7 Å². The topological polar surface area (TPSA) is 72.1 Å². The van der Waals surface area contributed by atoms with Gasteiger partial charge < -0.3 is 10.6 Å². The largest absolute Gasteiger partial charge is 0.393 e. The molecule has 104 valence electrons. The zero-order valence-corrected chi connectivity index (χ0v) is 12.2. The summed E-state index contributed by atoms with van der Waals surface area (Å²) in [5.74, 6) is -0.0974. The summed E-state index contributed by atoms with van der Waals surface area (Å²) in [5.41, 5.74) is 7.62. The van der Waals surface area contributed by atoms with Gasteiger partial charge in [-0.25, -0.2) is 0 Å². The molecule has 1 aromatic heterocycles. The Labute approximate surface area is 122 Å². The molecule has 0 spiro atoms. The van der Waals surface area contributed by atoms with Crippen molar-refractivity contribution in [3.05, 3.63) is 36.2 Å². The molecule has 6 heteroatoms. The highest BCUT2D eigenvalue weighted by molar-refractivity contribution is 7.80. The first kappa shape index (κ1) is 14.3. The SMILES string of the molecule is CC(CN(C)C(=O)c1ccc2nccnc2c1)C(N)=S. The third-order valence-electron chi connectivity index (χ3n) is 3.10. The monoisotopic (exact) mass is 288 g/mol. The summed E-state index contributed by atoms with van der Waals surface area (Å²) in [7, 11) is 1.73. The third kappa shape index (κ3) is 3.08. The summed E-state index contributed by atoms with van der Waals surface area (Å²) in [5, 5.41) is 0. The molecule has 1 aromatic carbocycles. The number of aromatic nitrogens is 2. The van der Waals surface area contributed by atoms with Gasteiger partial charge in [-0.3, -0.25) is 14.8 Å². The van der Waals surface area contributed by atoms with E-state index in [9.17, 15) is 4.79 Å². The number of thiocarbonyl (C=S) groups is 1. The Morgan fingerprint density at radius 2 is 2.00 bits per heavy atom. The van der Waals surface area contributed by atoms with Gasteiger partial charge in [0.15, 0.2) is 0 Å². The number of amides is 1. The molecule has 2 N–H and O–H groups in total. The van der Waals surface area contributed by atoms with Gasteiger partial charge in [-0.15, -0.1) is 0 Å². The van der Waals surface area contributed by atoms with Crippen LogP contribution in [0.1, 0.15) is 17.3 Å². The average Bonchev–Trinajstić information content (AvgIpc) is 2.45. The van der Waals surface area contributed by atoms with Crippen molar-refractivity contribution in [1.29, 1.82) is 0 Å². The van der Waals surface area contributed by atoms with E-state index < -0.39 is 0 Å². The molecule has 0 radical (unpaired) electrons. The van der Waals surface area contributed by atoms with Crippen molar-refractivity contribution < 1.29 is 4.79 Å². The van der Waals surface area contributed by atoms with Gasteiger partial charge in [0.2, 0.25) is 0 Å². The van der Waals surface area contributed by atoms with Crippen molar-refractivity contribution in [2.75, 3.05) is 13.6 Å². The highest BCUT2D eigenvalue weighted by atomic mass is 32.1. The fourth-order valence-corrected chi connectivity index (χ4v) is 1.97. The molecule has 0 saturated carbocycles. The van der Waals surface area contributed by atoms with Gasteiger partial charge >= 0.3 is 0 Å². The van der Waals surface area contributed by atoms with Gasteiger partial charge in [0.1, 0.15) is 0 Å². The van der Waals surface area contributed by atoms with E-state index in [-0.39, 0.29) is 11.8 Å². The predicted molar refractivity (Wildman–Crippen MR) is 82.4 cm³/mol. The normalized spacial score (nSPS) is 12.1. The van der Waals surface area contributed by atoms with Crippen LogP contribution >= 0.6 is 12.2 Å². The molecule has 0 saturated heterocycles.